The number of para-hydroxylation sites is 1. The van der Waals surface area contributed by atoms with Gasteiger partial charge in [-0.05, 0) is 33.2 Å². The van der Waals surface area contributed by atoms with Gasteiger partial charge in [-0.15, -0.1) is 0 Å². The van der Waals surface area contributed by atoms with E-state index in [0.29, 0.717) is 23.9 Å². The summed E-state index contributed by atoms with van der Waals surface area (Å²) in [5, 5.41) is 10.1. The molecule has 2 heterocycles. The Labute approximate surface area is 149 Å². The lowest BCUT2D eigenvalue weighted by molar-refractivity contribution is 0.113. The number of hydrogen-bond acceptors (Lipinski definition) is 6. The Morgan fingerprint density at radius 2 is 2.08 bits per heavy atom. The first-order valence-electron chi connectivity index (χ1n) is 8.64. The van der Waals surface area contributed by atoms with Crippen molar-refractivity contribution >= 4 is 5.82 Å². The van der Waals surface area contributed by atoms with Crippen molar-refractivity contribution in [2.24, 2.45) is 5.92 Å². The fourth-order valence-electron chi connectivity index (χ4n) is 3.21. The number of benzene rings is 1. The molecule has 1 aromatic carbocycles. The summed E-state index contributed by atoms with van der Waals surface area (Å²) in [6.45, 7) is 6.10. The van der Waals surface area contributed by atoms with Gasteiger partial charge in [0.25, 0.3) is 0 Å². The molecule has 0 aliphatic carbocycles. The third-order valence-corrected chi connectivity index (χ3v) is 4.27. The van der Waals surface area contributed by atoms with Crippen molar-refractivity contribution in [1.82, 2.24) is 14.9 Å². The first-order chi connectivity index (χ1) is 12.0. The van der Waals surface area contributed by atoms with E-state index in [1.165, 1.54) is 0 Å². The highest BCUT2D eigenvalue weighted by Gasteiger charge is 2.21. The average molecular weight is 342 g/mol. The molecule has 6 nitrogen and oxygen atoms in total. The number of phenolic OH excluding ortho intramolecular Hbond substituents is 1. The van der Waals surface area contributed by atoms with Gasteiger partial charge in [0.05, 0.1) is 18.8 Å². The van der Waals surface area contributed by atoms with Crippen LogP contribution in [-0.4, -0.2) is 66.9 Å². The summed E-state index contributed by atoms with van der Waals surface area (Å²) in [5.41, 5.74) is 1.54. The van der Waals surface area contributed by atoms with Gasteiger partial charge < -0.3 is 19.6 Å². The summed E-state index contributed by atoms with van der Waals surface area (Å²) in [7, 11) is 4.17. The molecule has 1 unspecified atom stereocenters. The fraction of sp³-hybridized carbons (Fsp3) is 0.474. The molecule has 1 N–H and O–H groups in total. The van der Waals surface area contributed by atoms with Crippen LogP contribution in [0.5, 0.6) is 5.75 Å². The number of hydrogen-bond donors (Lipinski definition) is 1. The Morgan fingerprint density at radius 1 is 1.28 bits per heavy atom. The van der Waals surface area contributed by atoms with E-state index < -0.39 is 0 Å². The van der Waals surface area contributed by atoms with E-state index in [2.05, 4.69) is 28.9 Å². The van der Waals surface area contributed by atoms with Crippen LogP contribution in [0.1, 0.15) is 5.69 Å². The van der Waals surface area contributed by atoms with E-state index in [1.54, 1.807) is 12.1 Å². The molecule has 1 aliphatic heterocycles. The second-order valence-corrected chi connectivity index (χ2v) is 6.86. The minimum Gasteiger partial charge on any atom is -0.507 e. The third-order valence-electron chi connectivity index (χ3n) is 4.27. The number of anilines is 1. The Hall–Kier alpha value is -2.18. The largest absolute Gasteiger partial charge is 0.507 e. The molecule has 1 aromatic heterocycles. The first kappa shape index (κ1) is 17.6. The second kappa shape index (κ2) is 7.80. The molecular weight excluding hydrogens is 316 g/mol. The summed E-state index contributed by atoms with van der Waals surface area (Å²) < 4.78 is 5.77. The summed E-state index contributed by atoms with van der Waals surface area (Å²) in [6.07, 6.45) is 0. The maximum Gasteiger partial charge on any atom is 0.165 e. The predicted octanol–water partition coefficient (Wildman–Crippen LogP) is 2.17. The molecule has 2 aromatic rings. The topological polar surface area (TPSA) is 61.7 Å². The van der Waals surface area contributed by atoms with Crippen LogP contribution in [-0.2, 0) is 4.74 Å². The summed E-state index contributed by atoms with van der Waals surface area (Å²) in [5.74, 6) is 2.08. The SMILES string of the molecule is Cc1cc(N2CCOCC(CN(C)C)C2)nc(-c2ccccc2O)n1. The van der Waals surface area contributed by atoms with Gasteiger partial charge >= 0.3 is 0 Å². The predicted molar refractivity (Wildman–Crippen MR) is 98.9 cm³/mol. The van der Waals surface area contributed by atoms with Gasteiger partial charge in [0.2, 0.25) is 0 Å². The average Bonchev–Trinajstić information content (AvgIpc) is 2.79. The molecule has 0 radical (unpaired) electrons. The van der Waals surface area contributed by atoms with Crippen molar-refractivity contribution in [3.05, 3.63) is 36.0 Å². The minimum absolute atomic E-state index is 0.198. The van der Waals surface area contributed by atoms with Crippen LogP contribution in [0.3, 0.4) is 0 Å². The van der Waals surface area contributed by atoms with E-state index >= 15 is 0 Å². The summed E-state index contributed by atoms with van der Waals surface area (Å²) in [4.78, 5) is 13.7. The van der Waals surface area contributed by atoms with Crippen molar-refractivity contribution in [3.63, 3.8) is 0 Å². The first-order valence-corrected chi connectivity index (χ1v) is 8.64. The zero-order chi connectivity index (χ0) is 17.8. The van der Waals surface area contributed by atoms with Gasteiger partial charge in [0.15, 0.2) is 5.82 Å². The Morgan fingerprint density at radius 3 is 2.84 bits per heavy atom. The maximum absolute atomic E-state index is 10.1. The van der Waals surface area contributed by atoms with Gasteiger partial charge in [0, 0.05) is 37.3 Å². The molecule has 0 amide bonds. The molecule has 6 heteroatoms. The summed E-state index contributed by atoms with van der Waals surface area (Å²) in [6, 6.07) is 9.18. The Bertz CT molecular complexity index is 720. The molecule has 134 valence electrons. The van der Waals surface area contributed by atoms with E-state index in [4.69, 9.17) is 9.72 Å². The highest BCUT2D eigenvalue weighted by Crippen LogP contribution is 2.28. The standard InChI is InChI=1S/C19H26N4O2/c1-14-10-18(21-19(20-14)16-6-4-5-7-17(16)24)23-8-9-25-13-15(12-23)11-22(2)3/h4-7,10,15,24H,8-9,11-13H2,1-3H3. The number of nitrogens with zero attached hydrogens (tertiary/aromatic N) is 4. The smallest absolute Gasteiger partial charge is 0.165 e. The van der Waals surface area contributed by atoms with Crippen LogP contribution in [0, 0.1) is 12.8 Å². The number of rotatable bonds is 4. The molecule has 1 aliphatic rings. The van der Waals surface area contributed by atoms with E-state index in [1.807, 2.05) is 25.1 Å². The van der Waals surface area contributed by atoms with Crippen LogP contribution in [0.15, 0.2) is 30.3 Å². The molecule has 3 rings (SSSR count). The van der Waals surface area contributed by atoms with Crippen LogP contribution in [0.2, 0.25) is 0 Å². The second-order valence-electron chi connectivity index (χ2n) is 6.86. The quantitative estimate of drug-likeness (QED) is 0.919. The molecule has 0 bridgehead atoms. The zero-order valence-electron chi connectivity index (χ0n) is 15.1. The molecule has 25 heavy (non-hydrogen) atoms. The number of aromatic nitrogens is 2. The molecular formula is C19H26N4O2. The highest BCUT2D eigenvalue weighted by atomic mass is 16.5. The van der Waals surface area contributed by atoms with E-state index in [-0.39, 0.29) is 5.75 Å². The lowest BCUT2D eigenvalue weighted by Crippen LogP contribution is -2.35. The van der Waals surface area contributed by atoms with Crippen LogP contribution < -0.4 is 4.90 Å². The lowest BCUT2D eigenvalue weighted by atomic mass is 10.1. The molecule has 1 atom stereocenters. The lowest BCUT2D eigenvalue weighted by Gasteiger charge is -2.26. The number of phenols is 1. The number of ether oxygens (including phenoxy) is 1. The van der Waals surface area contributed by atoms with Crippen LogP contribution >= 0.6 is 0 Å². The maximum atomic E-state index is 10.1. The number of aromatic hydroxyl groups is 1. The Balaban J connectivity index is 1.90. The van der Waals surface area contributed by atoms with Gasteiger partial charge in [-0.2, -0.15) is 0 Å². The summed E-state index contributed by atoms with van der Waals surface area (Å²) >= 11 is 0. The number of aryl methyl sites for hydroxylation is 1. The zero-order valence-corrected chi connectivity index (χ0v) is 15.1. The van der Waals surface area contributed by atoms with E-state index in [9.17, 15) is 5.11 Å². The van der Waals surface area contributed by atoms with Gasteiger partial charge in [0.1, 0.15) is 11.6 Å². The van der Waals surface area contributed by atoms with Crippen LogP contribution in [0.4, 0.5) is 5.82 Å². The monoisotopic (exact) mass is 342 g/mol. The molecule has 0 saturated carbocycles. The van der Waals surface area contributed by atoms with Gasteiger partial charge in [-0.3, -0.25) is 0 Å². The van der Waals surface area contributed by atoms with Crippen molar-refractivity contribution < 1.29 is 9.84 Å². The Kier molecular flexibility index (Phi) is 5.50. The van der Waals surface area contributed by atoms with E-state index in [0.717, 1.165) is 37.8 Å². The van der Waals surface area contributed by atoms with Crippen molar-refractivity contribution in [2.45, 2.75) is 6.92 Å². The molecule has 1 saturated heterocycles. The third kappa shape index (κ3) is 4.46. The fourth-order valence-corrected chi connectivity index (χ4v) is 3.21. The molecule has 0 spiro atoms. The minimum atomic E-state index is 0.198. The normalized spacial score (nSPS) is 18.4. The van der Waals surface area contributed by atoms with Gasteiger partial charge in [-0.25, -0.2) is 9.97 Å². The van der Waals surface area contributed by atoms with Crippen LogP contribution in [0.25, 0.3) is 11.4 Å². The highest BCUT2D eigenvalue weighted by molar-refractivity contribution is 5.65. The molecule has 1 fully saturated rings. The van der Waals surface area contributed by atoms with Gasteiger partial charge in [-0.1, -0.05) is 12.1 Å². The van der Waals surface area contributed by atoms with Crippen molar-refractivity contribution in [2.75, 3.05) is 51.8 Å². The van der Waals surface area contributed by atoms with Crippen molar-refractivity contribution in [1.29, 1.82) is 0 Å². The van der Waals surface area contributed by atoms with Crippen molar-refractivity contribution in [3.8, 4) is 17.1 Å².